The molecule has 3 heterocycles. The molecule has 0 radical (unpaired) electrons. The smallest absolute Gasteiger partial charge is 0.407 e. The summed E-state index contributed by atoms with van der Waals surface area (Å²) < 4.78 is 42.5. The van der Waals surface area contributed by atoms with Crippen molar-refractivity contribution in [2.45, 2.75) is 63.6 Å². The Morgan fingerprint density at radius 1 is 1.39 bits per heavy atom. The van der Waals surface area contributed by atoms with Crippen molar-refractivity contribution in [1.29, 1.82) is 0 Å². The Morgan fingerprint density at radius 3 is 2.85 bits per heavy atom. The molecule has 2 fully saturated rings. The Morgan fingerprint density at radius 2 is 2.15 bits per heavy atom. The van der Waals surface area contributed by atoms with E-state index in [1.807, 2.05) is 6.92 Å². The molecule has 0 bridgehead atoms. The fraction of sp³-hybridized carbons (Fsp3) is 0.600. The predicted molar refractivity (Wildman–Crippen MR) is 110 cm³/mol. The van der Waals surface area contributed by atoms with Gasteiger partial charge in [-0.05, 0) is 25.8 Å². The third-order valence-corrected chi connectivity index (χ3v) is 5.46. The van der Waals surface area contributed by atoms with Crippen LogP contribution in [0.2, 0.25) is 0 Å². The number of hydrogen-bond acceptors (Lipinski definition) is 7. The average molecular weight is 468 g/mol. The number of ether oxygens (including phenoxy) is 3. The van der Waals surface area contributed by atoms with Crippen LogP contribution >= 0.6 is 0 Å². The molecule has 0 spiro atoms. The number of anilines is 1. The van der Waals surface area contributed by atoms with Crippen molar-refractivity contribution in [3.05, 3.63) is 29.2 Å². The maximum Gasteiger partial charge on any atom is 0.407 e. The summed E-state index contributed by atoms with van der Waals surface area (Å²) in [6, 6.07) is 2.98. The second kappa shape index (κ2) is 8.71. The van der Waals surface area contributed by atoms with Gasteiger partial charge in [0.15, 0.2) is 5.82 Å². The zero-order chi connectivity index (χ0) is 23.8. The van der Waals surface area contributed by atoms with Gasteiger partial charge in [0, 0.05) is 32.0 Å². The van der Waals surface area contributed by atoms with Gasteiger partial charge < -0.3 is 24.8 Å². The first-order valence-electron chi connectivity index (χ1n) is 10.5. The van der Waals surface area contributed by atoms with Crippen LogP contribution in [-0.2, 0) is 27.9 Å². The lowest BCUT2D eigenvalue weighted by Gasteiger charge is -2.15. The summed E-state index contributed by atoms with van der Waals surface area (Å²) in [5, 5.41) is 16.3. The predicted octanol–water partition coefficient (Wildman–Crippen LogP) is 2.63. The fourth-order valence-corrected chi connectivity index (χ4v) is 3.39. The number of alkyl halides is 2. The molecule has 0 aromatic carbocycles. The van der Waals surface area contributed by atoms with Crippen molar-refractivity contribution in [2.24, 2.45) is 7.05 Å². The molecule has 11 nitrogen and oxygen atoms in total. The number of hydrogen-bond donors (Lipinski definition) is 3. The van der Waals surface area contributed by atoms with Gasteiger partial charge >= 0.3 is 12.2 Å². The van der Waals surface area contributed by atoms with E-state index < -0.39 is 24.7 Å². The highest BCUT2D eigenvalue weighted by molar-refractivity contribution is 6.02. The zero-order valence-corrected chi connectivity index (χ0v) is 18.5. The maximum atomic E-state index is 12.9. The molecular weight excluding hydrogens is 442 g/mol. The SMILES string of the molecule is Cn1nc(COC(C)(F)F)cc1C(=O)Nc1cc([C@@H]2C[C@H](OC(=O)NC3(C)CC3)CO2)[nH]n1. The van der Waals surface area contributed by atoms with Crippen LogP contribution in [0.5, 0.6) is 0 Å². The molecular formula is C20H26F2N6O5. The number of aryl methyl sites for hydroxylation is 1. The van der Waals surface area contributed by atoms with Gasteiger partial charge in [0.25, 0.3) is 5.91 Å². The van der Waals surface area contributed by atoms with Gasteiger partial charge in [0.05, 0.1) is 24.6 Å². The highest BCUT2D eigenvalue weighted by Gasteiger charge is 2.40. The van der Waals surface area contributed by atoms with Crippen molar-refractivity contribution in [1.82, 2.24) is 25.3 Å². The van der Waals surface area contributed by atoms with E-state index in [1.165, 1.54) is 17.8 Å². The molecule has 2 amide bonds. The highest BCUT2D eigenvalue weighted by atomic mass is 19.3. The second-order valence-electron chi connectivity index (χ2n) is 8.67. The summed E-state index contributed by atoms with van der Waals surface area (Å²) in [6.45, 7) is 2.42. The molecule has 2 atom stereocenters. The topological polar surface area (TPSA) is 132 Å². The van der Waals surface area contributed by atoms with E-state index in [4.69, 9.17) is 9.47 Å². The Kier molecular flexibility index (Phi) is 6.10. The molecule has 13 heteroatoms. The van der Waals surface area contributed by atoms with E-state index >= 15 is 0 Å². The van der Waals surface area contributed by atoms with Crippen LogP contribution in [0.1, 0.15) is 61.1 Å². The molecule has 0 unspecified atom stereocenters. The lowest BCUT2D eigenvalue weighted by molar-refractivity contribution is -0.231. The highest BCUT2D eigenvalue weighted by Crippen LogP contribution is 2.35. The van der Waals surface area contributed by atoms with Crippen LogP contribution in [0, 0.1) is 0 Å². The van der Waals surface area contributed by atoms with Gasteiger partial charge in [-0.15, -0.1) is 0 Å². The van der Waals surface area contributed by atoms with Crippen molar-refractivity contribution >= 4 is 17.8 Å². The van der Waals surface area contributed by atoms with E-state index in [0.717, 1.165) is 12.8 Å². The van der Waals surface area contributed by atoms with Crippen LogP contribution in [0.4, 0.5) is 19.4 Å². The van der Waals surface area contributed by atoms with Crippen LogP contribution < -0.4 is 10.6 Å². The van der Waals surface area contributed by atoms with Crippen molar-refractivity contribution in [2.75, 3.05) is 11.9 Å². The molecule has 1 saturated heterocycles. The second-order valence-corrected chi connectivity index (χ2v) is 8.67. The van der Waals surface area contributed by atoms with Gasteiger partial charge in [0.1, 0.15) is 17.9 Å². The van der Waals surface area contributed by atoms with Crippen LogP contribution in [0.3, 0.4) is 0 Å². The molecule has 180 valence electrons. The zero-order valence-electron chi connectivity index (χ0n) is 18.5. The summed E-state index contributed by atoms with van der Waals surface area (Å²) in [4.78, 5) is 24.5. The standard InChI is InChI=1S/C20H26F2N6O5/c1-19(4-5-19)24-18(30)33-12-7-15(31-10-12)13-8-16(26-25-13)23-17(29)14-6-11(27-28(14)3)9-32-20(2,21)22/h6,8,12,15H,4-5,7,9-10H2,1-3H3,(H,24,30)(H2,23,25,26,29)/t12-,15-/m0/s1. The summed E-state index contributed by atoms with van der Waals surface area (Å²) in [7, 11) is 1.52. The van der Waals surface area contributed by atoms with E-state index in [1.54, 1.807) is 6.07 Å². The number of alkyl carbamates (subject to hydrolysis) is 1. The summed E-state index contributed by atoms with van der Waals surface area (Å²) >= 11 is 0. The lowest BCUT2D eigenvalue weighted by atomic mass is 10.1. The van der Waals surface area contributed by atoms with Crippen molar-refractivity contribution < 1.29 is 32.6 Å². The number of halogens is 2. The van der Waals surface area contributed by atoms with E-state index in [0.29, 0.717) is 19.0 Å². The first-order valence-corrected chi connectivity index (χ1v) is 10.5. The number of carbonyl (C=O) groups excluding carboxylic acids is 2. The first-order chi connectivity index (χ1) is 15.5. The Bertz CT molecular complexity index is 1030. The first kappa shape index (κ1) is 23.1. The van der Waals surface area contributed by atoms with Gasteiger partial charge in [-0.1, -0.05) is 0 Å². The quantitative estimate of drug-likeness (QED) is 0.543. The average Bonchev–Trinajstić information content (AvgIpc) is 3.12. The van der Waals surface area contributed by atoms with Gasteiger partial charge in [0.2, 0.25) is 0 Å². The minimum atomic E-state index is -3.29. The van der Waals surface area contributed by atoms with Gasteiger partial charge in [-0.2, -0.15) is 19.0 Å². The molecule has 1 aliphatic heterocycles. The monoisotopic (exact) mass is 468 g/mol. The summed E-state index contributed by atoms with van der Waals surface area (Å²) in [6.07, 6.45) is -2.17. The molecule has 33 heavy (non-hydrogen) atoms. The third kappa shape index (κ3) is 6.05. The van der Waals surface area contributed by atoms with Crippen LogP contribution in [0.15, 0.2) is 12.1 Å². The normalized spacial score (nSPS) is 21.6. The number of amides is 2. The molecule has 3 N–H and O–H groups in total. The van der Waals surface area contributed by atoms with Gasteiger partial charge in [-0.25, -0.2) is 4.79 Å². The molecule has 2 aliphatic rings. The van der Waals surface area contributed by atoms with E-state index in [2.05, 4.69) is 30.7 Å². The molecule has 2 aromatic heterocycles. The minimum Gasteiger partial charge on any atom is -0.444 e. The molecule has 1 aliphatic carbocycles. The Labute approximate surface area is 188 Å². The maximum absolute atomic E-state index is 12.9. The Hall–Kier alpha value is -3.06. The van der Waals surface area contributed by atoms with Crippen LogP contribution in [0.25, 0.3) is 0 Å². The minimum absolute atomic E-state index is 0.151. The van der Waals surface area contributed by atoms with Crippen LogP contribution in [-0.4, -0.2) is 56.3 Å². The van der Waals surface area contributed by atoms with E-state index in [9.17, 15) is 18.4 Å². The Balaban J connectivity index is 1.29. The number of nitrogens with zero attached hydrogens (tertiary/aromatic N) is 3. The molecule has 4 rings (SSSR count). The number of aromatic amines is 1. The third-order valence-electron chi connectivity index (χ3n) is 5.46. The number of rotatable bonds is 8. The summed E-state index contributed by atoms with van der Waals surface area (Å²) in [5.41, 5.74) is 0.806. The number of aromatic nitrogens is 4. The summed E-state index contributed by atoms with van der Waals surface area (Å²) in [5.74, 6) is -0.266. The lowest BCUT2D eigenvalue weighted by Crippen LogP contribution is -2.37. The number of nitrogens with one attached hydrogen (secondary N) is 3. The van der Waals surface area contributed by atoms with Crippen molar-refractivity contribution in [3.8, 4) is 0 Å². The number of H-pyrrole nitrogens is 1. The van der Waals surface area contributed by atoms with E-state index in [-0.39, 0.29) is 41.6 Å². The molecule has 1 saturated carbocycles. The fourth-order valence-electron chi connectivity index (χ4n) is 3.39. The van der Waals surface area contributed by atoms with Gasteiger partial charge in [-0.3, -0.25) is 14.6 Å². The van der Waals surface area contributed by atoms with Crippen molar-refractivity contribution in [3.63, 3.8) is 0 Å². The largest absolute Gasteiger partial charge is 0.444 e. The number of carbonyl (C=O) groups is 2. The molecule has 2 aromatic rings.